The van der Waals surface area contributed by atoms with E-state index in [2.05, 4.69) is 0 Å². The molecule has 0 saturated heterocycles. The first kappa shape index (κ1) is 10.7. The molecule has 0 heterocycles. The maximum atomic E-state index is 10.9. The van der Waals surface area contributed by atoms with Crippen molar-refractivity contribution in [2.24, 2.45) is 0 Å². The Labute approximate surface area is 83.0 Å². The Kier molecular flexibility index (Phi) is 3.65. The standard InChI is InChI=1S/C11H14O3/c1-8-4-2-5-9(6-3-7-12)10(8)11(13)14/h2,4-5,12H,3,6-7H2,1H3,(H,13,14). The van der Waals surface area contributed by atoms with Crippen molar-refractivity contribution in [3.63, 3.8) is 0 Å². The number of carbonyl (C=O) groups is 1. The molecule has 0 unspecified atom stereocenters. The smallest absolute Gasteiger partial charge is 0.336 e. The van der Waals surface area contributed by atoms with Crippen LogP contribution in [0.3, 0.4) is 0 Å². The van der Waals surface area contributed by atoms with Crippen LogP contribution in [0.1, 0.15) is 27.9 Å². The minimum atomic E-state index is -0.893. The summed E-state index contributed by atoms with van der Waals surface area (Å²) in [4.78, 5) is 10.9. The van der Waals surface area contributed by atoms with Gasteiger partial charge in [0.2, 0.25) is 0 Å². The molecule has 1 aromatic rings. The molecule has 0 fully saturated rings. The number of aryl methyl sites for hydroxylation is 2. The molecule has 0 bridgehead atoms. The molecule has 3 heteroatoms. The Hall–Kier alpha value is -1.35. The van der Waals surface area contributed by atoms with Crippen LogP contribution in [0.25, 0.3) is 0 Å². The van der Waals surface area contributed by atoms with Crippen molar-refractivity contribution >= 4 is 5.97 Å². The molecule has 0 aliphatic heterocycles. The van der Waals surface area contributed by atoms with E-state index in [1.165, 1.54) is 0 Å². The third kappa shape index (κ3) is 2.33. The minimum absolute atomic E-state index is 0.0903. The van der Waals surface area contributed by atoms with Crippen LogP contribution in [0, 0.1) is 6.92 Å². The van der Waals surface area contributed by atoms with Crippen LogP contribution in [-0.2, 0) is 6.42 Å². The van der Waals surface area contributed by atoms with Gasteiger partial charge in [0.05, 0.1) is 5.56 Å². The van der Waals surface area contributed by atoms with Crippen molar-refractivity contribution in [2.45, 2.75) is 19.8 Å². The number of aliphatic hydroxyl groups excluding tert-OH is 1. The summed E-state index contributed by atoms with van der Waals surface area (Å²) >= 11 is 0. The van der Waals surface area contributed by atoms with E-state index in [9.17, 15) is 4.79 Å². The van der Waals surface area contributed by atoms with E-state index in [1.807, 2.05) is 6.07 Å². The van der Waals surface area contributed by atoms with Gasteiger partial charge in [0.15, 0.2) is 0 Å². The van der Waals surface area contributed by atoms with E-state index < -0.39 is 5.97 Å². The second kappa shape index (κ2) is 4.77. The number of carboxylic acids is 1. The number of aromatic carboxylic acids is 1. The lowest BCUT2D eigenvalue weighted by atomic mass is 9.99. The van der Waals surface area contributed by atoms with E-state index in [4.69, 9.17) is 10.2 Å². The summed E-state index contributed by atoms with van der Waals surface area (Å²) in [5, 5.41) is 17.7. The summed E-state index contributed by atoms with van der Waals surface area (Å²) < 4.78 is 0. The van der Waals surface area contributed by atoms with Gasteiger partial charge < -0.3 is 10.2 Å². The maximum Gasteiger partial charge on any atom is 0.336 e. The first-order valence-electron chi connectivity index (χ1n) is 4.59. The number of aliphatic hydroxyl groups is 1. The molecular weight excluding hydrogens is 180 g/mol. The molecule has 0 aliphatic rings. The minimum Gasteiger partial charge on any atom is -0.478 e. The first-order valence-corrected chi connectivity index (χ1v) is 4.59. The first-order chi connectivity index (χ1) is 6.66. The quantitative estimate of drug-likeness (QED) is 0.765. The van der Waals surface area contributed by atoms with Crippen molar-refractivity contribution < 1.29 is 15.0 Å². The second-order valence-electron chi connectivity index (χ2n) is 3.24. The molecule has 0 aromatic heterocycles. The number of hydrogen-bond acceptors (Lipinski definition) is 2. The fourth-order valence-electron chi connectivity index (χ4n) is 1.51. The van der Waals surface area contributed by atoms with Gasteiger partial charge in [0.25, 0.3) is 0 Å². The van der Waals surface area contributed by atoms with Gasteiger partial charge in [-0.3, -0.25) is 0 Å². The van der Waals surface area contributed by atoms with Crippen molar-refractivity contribution in [2.75, 3.05) is 6.61 Å². The molecule has 0 atom stereocenters. The highest BCUT2D eigenvalue weighted by Crippen LogP contribution is 2.15. The molecule has 1 rings (SSSR count). The van der Waals surface area contributed by atoms with E-state index in [0.717, 1.165) is 11.1 Å². The van der Waals surface area contributed by atoms with E-state index >= 15 is 0 Å². The lowest BCUT2D eigenvalue weighted by Gasteiger charge is -2.07. The van der Waals surface area contributed by atoms with Crippen LogP contribution >= 0.6 is 0 Å². The van der Waals surface area contributed by atoms with Gasteiger partial charge in [-0.05, 0) is 30.9 Å². The molecule has 0 radical (unpaired) electrons. The van der Waals surface area contributed by atoms with Crippen LogP contribution < -0.4 is 0 Å². The Balaban J connectivity index is 3.02. The molecule has 1 aromatic carbocycles. The van der Waals surface area contributed by atoms with Gasteiger partial charge in [-0.2, -0.15) is 0 Å². The summed E-state index contributed by atoms with van der Waals surface area (Å²) in [7, 11) is 0. The largest absolute Gasteiger partial charge is 0.478 e. The van der Waals surface area contributed by atoms with Gasteiger partial charge in [-0.1, -0.05) is 18.2 Å². The van der Waals surface area contributed by atoms with Crippen LogP contribution in [0.4, 0.5) is 0 Å². The number of hydrogen-bond donors (Lipinski definition) is 2. The van der Waals surface area contributed by atoms with Gasteiger partial charge in [0, 0.05) is 6.61 Å². The molecular formula is C11H14O3. The number of benzene rings is 1. The molecule has 2 N–H and O–H groups in total. The summed E-state index contributed by atoms with van der Waals surface area (Å²) in [5.74, 6) is -0.893. The van der Waals surface area contributed by atoms with Crippen LogP contribution in [0.15, 0.2) is 18.2 Å². The molecule has 76 valence electrons. The lowest BCUT2D eigenvalue weighted by Crippen LogP contribution is -2.05. The number of rotatable bonds is 4. The third-order valence-electron chi connectivity index (χ3n) is 2.18. The molecule has 0 spiro atoms. The highest BCUT2D eigenvalue weighted by atomic mass is 16.4. The van der Waals surface area contributed by atoms with Crippen molar-refractivity contribution in [3.8, 4) is 0 Å². The molecule has 3 nitrogen and oxygen atoms in total. The predicted molar refractivity (Wildman–Crippen MR) is 53.5 cm³/mol. The fraction of sp³-hybridized carbons (Fsp3) is 0.364. The van der Waals surface area contributed by atoms with Gasteiger partial charge in [-0.15, -0.1) is 0 Å². The lowest BCUT2D eigenvalue weighted by molar-refractivity contribution is 0.0694. The summed E-state index contributed by atoms with van der Waals surface area (Å²) in [6, 6.07) is 5.42. The Morgan fingerprint density at radius 3 is 2.71 bits per heavy atom. The van der Waals surface area contributed by atoms with Crippen LogP contribution in [0.5, 0.6) is 0 Å². The Morgan fingerprint density at radius 2 is 2.14 bits per heavy atom. The van der Waals surface area contributed by atoms with E-state index in [1.54, 1.807) is 19.1 Å². The predicted octanol–water partition coefficient (Wildman–Crippen LogP) is 1.62. The summed E-state index contributed by atoms with van der Waals surface area (Å²) in [5.41, 5.74) is 1.94. The summed E-state index contributed by atoms with van der Waals surface area (Å²) in [6.45, 7) is 1.87. The fourth-order valence-corrected chi connectivity index (χ4v) is 1.51. The molecule has 0 saturated carbocycles. The van der Waals surface area contributed by atoms with Crippen LogP contribution in [-0.4, -0.2) is 22.8 Å². The zero-order valence-corrected chi connectivity index (χ0v) is 8.16. The second-order valence-corrected chi connectivity index (χ2v) is 3.24. The average Bonchev–Trinajstić information content (AvgIpc) is 2.14. The van der Waals surface area contributed by atoms with Crippen LogP contribution in [0.2, 0.25) is 0 Å². The Morgan fingerprint density at radius 1 is 1.43 bits per heavy atom. The van der Waals surface area contributed by atoms with E-state index in [0.29, 0.717) is 18.4 Å². The monoisotopic (exact) mass is 194 g/mol. The van der Waals surface area contributed by atoms with Crippen molar-refractivity contribution in [3.05, 3.63) is 34.9 Å². The van der Waals surface area contributed by atoms with E-state index in [-0.39, 0.29) is 6.61 Å². The normalized spacial score (nSPS) is 10.1. The third-order valence-corrected chi connectivity index (χ3v) is 2.18. The van der Waals surface area contributed by atoms with Crippen molar-refractivity contribution in [1.29, 1.82) is 0 Å². The maximum absolute atomic E-state index is 10.9. The Bertz CT molecular complexity index is 331. The SMILES string of the molecule is Cc1cccc(CCCO)c1C(=O)O. The summed E-state index contributed by atoms with van der Waals surface area (Å²) in [6.07, 6.45) is 1.21. The highest BCUT2D eigenvalue weighted by Gasteiger charge is 2.11. The van der Waals surface area contributed by atoms with Gasteiger partial charge in [-0.25, -0.2) is 4.79 Å². The zero-order valence-electron chi connectivity index (χ0n) is 8.16. The van der Waals surface area contributed by atoms with Gasteiger partial charge in [0.1, 0.15) is 0 Å². The number of carboxylic acid groups (broad SMARTS) is 1. The zero-order chi connectivity index (χ0) is 10.6. The molecule has 14 heavy (non-hydrogen) atoms. The highest BCUT2D eigenvalue weighted by molar-refractivity contribution is 5.91. The van der Waals surface area contributed by atoms with Crippen molar-refractivity contribution in [1.82, 2.24) is 0 Å². The average molecular weight is 194 g/mol. The van der Waals surface area contributed by atoms with Gasteiger partial charge >= 0.3 is 5.97 Å². The topological polar surface area (TPSA) is 57.5 Å². The molecule has 0 amide bonds. The molecule has 0 aliphatic carbocycles.